The molecule has 31 heavy (non-hydrogen) atoms. The maximum Gasteiger partial charge on any atom is 0.328 e. The maximum atomic E-state index is 12.5. The predicted octanol–water partition coefficient (Wildman–Crippen LogP) is 3.48. The van der Waals surface area contributed by atoms with Gasteiger partial charge in [0.15, 0.2) is 5.13 Å². The summed E-state index contributed by atoms with van der Waals surface area (Å²) in [6.45, 7) is 5.25. The molecule has 9 nitrogen and oxygen atoms in total. The van der Waals surface area contributed by atoms with Crippen molar-refractivity contribution in [2.24, 2.45) is 0 Å². The van der Waals surface area contributed by atoms with Crippen molar-refractivity contribution in [2.75, 3.05) is 16.6 Å². The highest BCUT2D eigenvalue weighted by Gasteiger charge is 2.19. The summed E-state index contributed by atoms with van der Waals surface area (Å²) < 4.78 is 33.1. The molecule has 164 valence electrons. The third-order valence-electron chi connectivity index (χ3n) is 4.21. The number of aromatic nitrogens is 1. The van der Waals surface area contributed by atoms with Crippen LogP contribution in [0.4, 0.5) is 15.6 Å². The Labute approximate surface area is 183 Å². The number of hydrogen-bond acceptors (Lipinski definition) is 7. The van der Waals surface area contributed by atoms with Gasteiger partial charge in [0.05, 0.1) is 21.7 Å². The van der Waals surface area contributed by atoms with E-state index >= 15 is 0 Å². The zero-order valence-corrected chi connectivity index (χ0v) is 18.8. The number of urea groups is 1. The first-order chi connectivity index (χ1) is 14.7. The summed E-state index contributed by atoms with van der Waals surface area (Å²) in [5.74, 6) is -0.526. The lowest BCUT2D eigenvalue weighted by atomic mass is 10.2. The second-order valence-corrected chi connectivity index (χ2v) is 9.36. The van der Waals surface area contributed by atoms with Crippen LogP contribution >= 0.6 is 11.3 Å². The summed E-state index contributed by atoms with van der Waals surface area (Å²) in [6.07, 6.45) is 0. The molecule has 0 unspecified atom stereocenters. The van der Waals surface area contributed by atoms with Crippen molar-refractivity contribution in [3.05, 3.63) is 48.0 Å². The van der Waals surface area contributed by atoms with Crippen LogP contribution in [0.1, 0.15) is 19.4 Å². The molecule has 1 aromatic heterocycles. The fourth-order valence-electron chi connectivity index (χ4n) is 2.78. The van der Waals surface area contributed by atoms with Gasteiger partial charge in [0.2, 0.25) is 0 Å². The molecule has 2 amide bonds. The van der Waals surface area contributed by atoms with E-state index in [1.165, 1.54) is 19.1 Å². The van der Waals surface area contributed by atoms with Crippen molar-refractivity contribution in [3.8, 4) is 0 Å². The molecule has 3 aromatic rings. The molecule has 3 rings (SSSR count). The zero-order chi connectivity index (χ0) is 22.6. The van der Waals surface area contributed by atoms with Crippen LogP contribution in [0.5, 0.6) is 0 Å². The number of amides is 2. The van der Waals surface area contributed by atoms with Gasteiger partial charge < -0.3 is 15.4 Å². The lowest BCUT2D eigenvalue weighted by Gasteiger charge is -2.13. The van der Waals surface area contributed by atoms with Crippen LogP contribution in [0.2, 0.25) is 0 Å². The van der Waals surface area contributed by atoms with Crippen molar-refractivity contribution in [1.82, 2.24) is 10.3 Å². The Morgan fingerprint density at radius 3 is 2.58 bits per heavy atom. The van der Waals surface area contributed by atoms with Crippen molar-refractivity contribution in [3.63, 3.8) is 0 Å². The van der Waals surface area contributed by atoms with Gasteiger partial charge in [0.1, 0.15) is 6.04 Å². The lowest BCUT2D eigenvalue weighted by molar-refractivity contribution is -0.144. The topological polar surface area (TPSA) is 126 Å². The van der Waals surface area contributed by atoms with Crippen molar-refractivity contribution >= 4 is 54.4 Å². The van der Waals surface area contributed by atoms with Gasteiger partial charge in [-0.15, -0.1) is 0 Å². The molecule has 0 aliphatic carbocycles. The molecule has 0 aliphatic heterocycles. The predicted molar refractivity (Wildman–Crippen MR) is 120 cm³/mol. The molecule has 1 heterocycles. The Hall–Kier alpha value is -3.18. The molecule has 0 spiro atoms. The highest BCUT2D eigenvalue weighted by Crippen LogP contribution is 2.32. The Morgan fingerprint density at radius 2 is 1.90 bits per heavy atom. The largest absolute Gasteiger partial charge is 0.464 e. The number of carbonyl (C=O) groups excluding carboxylic acids is 2. The molecule has 3 N–H and O–H groups in total. The van der Waals surface area contributed by atoms with E-state index in [0.29, 0.717) is 15.9 Å². The molecule has 0 bridgehead atoms. The maximum absolute atomic E-state index is 12.5. The summed E-state index contributed by atoms with van der Waals surface area (Å²) in [5, 5.41) is 5.40. The average molecular weight is 463 g/mol. The van der Waals surface area contributed by atoms with Gasteiger partial charge in [-0.05, 0) is 50.6 Å². The Kier molecular flexibility index (Phi) is 6.76. The van der Waals surface area contributed by atoms with Gasteiger partial charge in [-0.25, -0.2) is 23.0 Å². The molecule has 0 saturated heterocycles. The summed E-state index contributed by atoms with van der Waals surface area (Å²) in [6, 6.07) is 10.1. The van der Waals surface area contributed by atoms with Gasteiger partial charge in [0, 0.05) is 5.69 Å². The molecule has 0 aliphatic rings. The van der Waals surface area contributed by atoms with Gasteiger partial charge in [-0.1, -0.05) is 29.5 Å². The zero-order valence-electron chi connectivity index (χ0n) is 17.1. The average Bonchev–Trinajstić information content (AvgIpc) is 3.11. The first kappa shape index (κ1) is 22.5. The van der Waals surface area contributed by atoms with Crippen molar-refractivity contribution in [1.29, 1.82) is 0 Å². The standard InChI is InChI=1S/C20H22N4O5S2/c1-4-29-18(25)13(3)21-19(26)22-14-10-12(2)17-16(11-14)30-20(23-17)24-31(27,28)15-8-6-5-7-9-15/h5-11,13H,4H2,1-3H3,(H,23,24)(H2,21,22,26)/t13-/m1/s1. The molecule has 1 atom stereocenters. The van der Waals surface area contributed by atoms with Crippen LogP contribution in [0, 0.1) is 6.92 Å². The van der Waals surface area contributed by atoms with Gasteiger partial charge in [-0.3, -0.25) is 4.72 Å². The van der Waals surface area contributed by atoms with E-state index in [-0.39, 0.29) is 16.6 Å². The quantitative estimate of drug-likeness (QED) is 0.462. The normalized spacial score (nSPS) is 12.2. The van der Waals surface area contributed by atoms with E-state index in [1.54, 1.807) is 37.3 Å². The molecule has 0 saturated carbocycles. The minimum atomic E-state index is -3.76. The van der Waals surface area contributed by atoms with Crippen LogP contribution in [0.25, 0.3) is 10.2 Å². The molecular formula is C20H22N4O5S2. The summed E-state index contributed by atoms with van der Waals surface area (Å²) in [7, 11) is -3.76. The number of nitrogens with zero attached hydrogens (tertiary/aromatic N) is 1. The second kappa shape index (κ2) is 9.31. The number of esters is 1. The minimum absolute atomic E-state index is 0.140. The van der Waals surface area contributed by atoms with E-state index in [0.717, 1.165) is 16.9 Å². The van der Waals surface area contributed by atoms with E-state index < -0.39 is 28.1 Å². The van der Waals surface area contributed by atoms with Crippen LogP contribution in [-0.2, 0) is 19.6 Å². The fourth-order valence-corrected chi connectivity index (χ4v) is 5.02. The number of fused-ring (bicyclic) bond motifs is 1. The van der Waals surface area contributed by atoms with E-state index in [1.807, 2.05) is 6.92 Å². The van der Waals surface area contributed by atoms with Gasteiger partial charge in [0.25, 0.3) is 10.0 Å². The fraction of sp³-hybridized carbons (Fsp3) is 0.250. The molecule has 0 fully saturated rings. The number of nitrogens with one attached hydrogen (secondary N) is 3. The van der Waals surface area contributed by atoms with Gasteiger partial charge >= 0.3 is 12.0 Å². The molecule has 11 heteroatoms. The Bertz CT molecular complexity index is 1210. The van der Waals surface area contributed by atoms with Crippen molar-refractivity contribution in [2.45, 2.75) is 31.7 Å². The number of aryl methyl sites for hydroxylation is 1. The summed E-state index contributed by atoms with van der Waals surface area (Å²) in [4.78, 5) is 28.4. The molecular weight excluding hydrogens is 440 g/mol. The van der Waals surface area contributed by atoms with E-state index in [9.17, 15) is 18.0 Å². The molecule has 0 radical (unpaired) electrons. The van der Waals surface area contributed by atoms with Crippen LogP contribution in [0.15, 0.2) is 47.4 Å². The number of carbonyl (C=O) groups is 2. The number of rotatable bonds is 7. The highest BCUT2D eigenvalue weighted by atomic mass is 32.2. The number of thiazole rings is 1. The number of ether oxygens (including phenoxy) is 1. The van der Waals surface area contributed by atoms with Crippen LogP contribution < -0.4 is 15.4 Å². The first-order valence-corrected chi connectivity index (χ1v) is 11.7. The Balaban J connectivity index is 1.76. The number of benzene rings is 2. The molecule has 2 aromatic carbocycles. The van der Waals surface area contributed by atoms with Crippen molar-refractivity contribution < 1.29 is 22.7 Å². The summed E-state index contributed by atoms with van der Waals surface area (Å²) >= 11 is 1.15. The monoisotopic (exact) mass is 462 g/mol. The second-order valence-electron chi connectivity index (χ2n) is 6.65. The van der Waals surface area contributed by atoms with Crippen LogP contribution in [0.3, 0.4) is 0 Å². The van der Waals surface area contributed by atoms with Gasteiger partial charge in [-0.2, -0.15) is 0 Å². The van der Waals surface area contributed by atoms with Crippen LogP contribution in [-0.4, -0.2) is 38.1 Å². The smallest absolute Gasteiger partial charge is 0.328 e. The summed E-state index contributed by atoms with van der Waals surface area (Å²) in [5.41, 5.74) is 1.87. The highest BCUT2D eigenvalue weighted by molar-refractivity contribution is 7.93. The van der Waals surface area contributed by atoms with E-state index in [4.69, 9.17) is 4.74 Å². The SMILES string of the molecule is CCOC(=O)[C@@H](C)NC(=O)Nc1cc(C)c2nc(NS(=O)(=O)c3ccccc3)sc2c1. The third kappa shape index (κ3) is 5.50. The number of hydrogen-bond donors (Lipinski definition) is 3. The third-order valence-corrected chi connectivity index (χ3v) is 6.61. The minimum Gasteiger partial charge on any atom is -0.464 e. The van der Waals surface area contributed by atoms with E-state index in [2.05, 4.69) is 20.3 Å². The first-order valence-electron chi connectivity index (χ1n) is 9.43. The Morgan fingerprint density at radius 1 is 1.19 bits per heavy atom. The lowest BCUT2D eigenvalue weighted by Crippen LogP contribution is -2.41. The number of sulfonamides is 1. The number of anilines is 2.